The zero-order chi connectivity index (χ0) is 9.84. The monoisotopic (exact) mass is 215 g/mol. The van der Waals surface area contributed by atoms with E-state index < -0.39 is 11.7 Å². The van der Waals surface area contributed by atoms with Gasteiger partial charge in [0, 0.05) is 0 Å². The minimum atomic E-state index is -0.695. The van der Waals surface area contributed by atoms with Gasteiger partial charge in [-0.1, -0.05) is 17.7 Å². The number of rotatable bonds is 1. The Kier molecular flexibility index (Phi) is 3.25. The van der Waals surface area contributed by atoms with E-state index in [9.17, 15) is 9.18 Å². The fourth-order valence-electron chi connectivity index (χ4n) is 0.771. The van der Waals surface area contributed by atoms with Crippen LogP contribution in [0.3, 0.4) is 0 Å². The Morgan fingerprint density at radius 1 is 1.62 bits per heavy atom. The minimum absolute atomic E-state index is 0.0148. The number of amides is 1. The first-order valence-electron chi connectivity index (χ1n) is 3.23. The molecule has 66 valence electrons. The molecule has 0 heterocycles. The molecule has 0 bridgehead atoms. The molecule has 0 spiro atoms. The molecule has 1 rings (SSSR count). The van der Waals surface area contributed by atoms with Gasteiger partial charge in [0.15, 0.2) is 0 Å². The van der Waals surface area contributed by atoms with Crippen LogP contribution in [0.25, 0.3) is 0 Å². The van der Waals surface area contributed by atoms with Crippen molar-refractivity contribution >= 4 is 34.9 Å². The summed E-state index contributed by atoms with van der Waals surface area (Å²) >= 11 is 9.74. The van der Waals surface area contributed by atoms with Gasteiger partial charge in [0.05, 0.1) is 15.7 Å². The minimum Gasteiger partial charge on any atom is -0.266 e. The lowest BCUT2D eigenvalue weighted by atomic mass is 10.2. The van der Waals surface area contributed by atoms with E-state index in [2.05, 4.69) is 17.2 Å². The first kappa shape index (κ1) is 9.99. The third-order valence-electron chi connectivity index (χ3n) is 1.33. The van der Waals surface area contributed by atoms with Crippen molar-refractivity contribution in [2.45, 2.75) is 0 Å². The Hall–Kier alpha value is -1.09. The first-order valence-corrected chi connectivity index (χ1v) is 4.01. The molecule has 0 N–H and O–H groups in total. The van der Waals surface area contributed by atoms with Crippen LogP contribution in [0.1, 0.15) is 10.4 Å². The maximum absolute atomic E-state index is 12.8. The summed E-state index contributed by atoms with van der Waals surface area (Å²) in [7, 11) is 0. The summed E-state index contributed by atoms with van der Waals surface area (Å²) in [6, 6.07) is 3.89. The lowest BCUT2D eigenvalue weighted by Crippen LogP contribution is -1.96. The zero-order valence-corrected chi connectivity index (χ0v) is 7.82. The second kappa shape index (κ2) is 4.23. The summed E-state index contributed by atoms with van der Waals surface area (Å²) in [6.45, 7) is 0. The number of halogens is 2. The number of thiocarbonyl (C=S) groups is 1. The van der Waals surface area contributed by atoms with Crippen molar-refractivity contribution in [3.05, 3.63) is 34.6 Å². The van der Waals surface area contributed by atoms with Crippen molar-refractivity contribution in [1.82, 2.24) is 0 Å². The maximum Gasteiger partial charge on any atom is 0.287 e. The van der Waals surface area contributed by atoms with Crippen molar-refractivity contribution in [1.29, 1.82) is 0 Å². The maximum atomic E-state index is 12.8. The quantitative estimate of drug-likeness (QED) is 0.533. The molecule has 0 saturated carbocycles. The van der Waals surface area contributed by atoms with Crippen molar-refractivity contribution in [2.24, 2.45) is 4.99 Å². The van der Waals surface area contributed by atoms with Gasteiger partial charge in [-0.15, -0.1) is 0 Å². The van der Waals surface area contributed by atoms with E-state index in [1.807, 2.05) is 5.16 Å². The van der Waals surface area contributed by atoms with Crippen LogP contribution in [0, 0.1) is 5.82 Å². The third-order valence-corrected chi connectivity index (χ3v) is 1.80. The van der Waals surface area contributed by atoms with Crippen LogP contribution in [0.2, 0.25) is 5.02 Å². The average molecular weight is 216 g/mol. The number of carbonyl (C=O) groups excluding carboxylic acids is 1. The number of hydrogen-bond acceptors (Lipinski definition) is 2. The normalized spacial score (nSPS) is 9.08. The molecule has 1 aromatic rings. The van der Waals surface area contributed by atoms with E-state index in [0.717, 1.165) is 6.07 Å². The molecule has 5 heteroatoms. The van der Waals surface area contributed by atoms with E-state index >= 15 is 0 Å². The fraction of sp³-hybridized carbons (Fsp3) is 0. The van der Waals surface area contributed by atoms with Gasteiger partial charge in [0.25, 0.3) is 5.91 Å². The lowest BCUT2D eigenvalue weighted by molar-refractivity contribution is 0.100. The number of hydrogen-bond donors (Lipinski definition) is 0. The molecule has 0 unspecified atom stereocenters. The topological polar surface area (TPSA) is 29.4 Å². The van der Waals surface area contributed by atoms with Crippen molar-refractivity contribution < 1.29 is 9.18 Å². The summed E-state index contributed by atoms with van der Waals surface area (Å²) in [6.07, 6.45) is 0. The first-order chi connectivity index (χ1) is 6.16. The Balaban J connectivity index is 3.22. The molecule has 0 aliphatic carbocycles. The van der Waals surface area contributed by atoms with Gasteiger partial charge in [-0.25, -0.2) is 4.39 Å². The predicted molar refractivity (Wildman–Crippen MR) is 50.8 cm³/mol. The Morgan fingerprint density at radius 3 is 2.92 bits per heavy atom. The molecule has 13 heavy (non-hydrogen) atoms. The van der Waals surface area contributed by atoms with Crippen LogP contribution < -0.4 is 0 Å². The number of nitrogens with zero attached hydrogens (tertiary/aromatic N) is 1. The van der Waals surface area contributed by atoms with Gasteiger partial charge >= 0.3 is 0 Å². The molecule has 0 aliphatic heterocycles. The summed E-state index contributed by atoms with van der Waals surface area (Å²) in [4.78, 5) is 14.2. The molecule has 0 aliphatic rings. The second-order valence-corrected chi connectivity index (χ2v) is 2.67. The number of benzene rings is 1. The van der Waals surface area contributed by atoms with Crippen LogP contribution in [0.5, 0.6) is 0 Å². The predicted octanol–water partition coefficient (Wildman–Crippen LogP) is 2.72. The van der Waals surface area contributed by atoms with Crippen LogP contribution in [0.15, 0.2) is 23.2 Å². The third kappa shape index (κ3) is 2.18. The van der Waals surface area contributed by atoms with E-state index in [0.29, 0.717) is 0 Å². The molecule has 0 aromatic heterocycles. The van der Waals surface area contributed by atoms with Crippen LogP contribution in [-0.4, -0.2) is 11.1 Å². The summed E-state index contributed by atoms with van der Waals surface area (Å²) < 4.78 is 12.8. The van der Waals surface area contributed by atoms with E-state index in [-0.39, 0.29) is 10.6 Å². The SMILES string of the molecule is O=C(N=C=S)c1cccc(F)c1Cl. The van der Waals surface area contributed by atoms with E-state index in [1.165, 1.54) is 12.1 Å². The second-order valence-electron chi connectivity index (χ2n) is 2.11. The van der Waals surface area contributed by atoms with Crippen molar-refractivity contribution in [3.8, 4) is 0 Å². The molecule has 1 aromatic carbocycles. The Morgan fingerprint density at radius 2 is 2.31 bits per heavy atom. The van der Waals surface area contributed by atoms with E-state index in [1.54, 1.807) is 0 Å². The smallest absolute Gasteiger partial charge is 0.266 e. The van der Waals surface area contributed by atoms with Gasteiger partial charge in [-0.05, 0) is 24.4 Å². The molecule has 0 saturated heterocycles. The van der Waals surface area contributed by atoms with Gasteiger partial charge in [0.1, 0.15) is 5.82 Å². The number of isothiocyanates is 1. The van der Waals surface area contributed by atoms with Crippen molar-refractivity contribution in [3.63, 3.8) is 0 Å². The highest BCUT2D eigenvalue weighted by atomic mass is 35.5. The van der Waals surface area contributed by atoms with Crippen LogP contribution in [-0.2, 0) is 0 Å². The number of carbonyl (C=O) groups is 1. The van der Waals surface area contributed by atoms with Crippen LogP contribution in [0.4, 0.5) is 4.39 Å². The summed E-state index contributed by atoms with van der Waals surface area (Å²) in [5, 5.41) is 1.64. The molecule has 1 amide bonds. The standard InChI is InChI=1S/C8H3ClFNOS/c9-7-5(8(12)11-4-13)2-1-3-6(7)10/h1-3H. The molecule has 2 nitrogen and oxygen atoms in total. The molecule has 0 atom stereocenters. The Labute approximate surface area is 84.0 Å². The van der Waals surface area contributed by atoms with Crippen LogP contribution >= 0.6 is 23.8 Å². The molecular weight excluding hydrogens is 213 g/mol. The highest BCUT2D eigenvalue weighted by Gasteiger charge is 2.11. The largest absolute Gasteiger partial charge is 0.287 e. The van der Waals surface area contributed by atoms with Gasteiger partial charge in [-0.2, -0.15) is 4.99 Å². The Bertz CT molecular complexity index is 401. The highest BCUT2D eigenvalue weighted by Crippen LogP contribution is 2.19. The summed E-state index contributed by atoms with van der Waals surface area (Å²) in [5.74, 6) is -1.36. The number of aliphatic imine (C=N–C) groups is 1. The van der Waals surface area contributed by atoms with Gasteiger partial charge in [0.2, 0.25) is 0 Å². The fourth-order valence-corrected chi connectivity index (χ4v) is 1.06. The summed E-state index contributed by atoms with van der Waals surface area (Å²) in [5.41, 5.74) is -0.0148. The molecule has 0 radical (unpaired) electrons. The zero-order valence-electron chi connectivity index (χ0n) is 6.25. The van der Waals surface area contributed by atoms with Gasteiger partial charge in [-0.3, -0.25) is 4.79 Å². The highest BCUT2D eigenvalue weighted by molar-refractivity contribution is 7.78. The molecular formula is C8H3ClFNOS. The average Bonchev–Trinajstić information content (AvgIpc) is 2.10. The van der Waals surface area contributed by atoms with Gasteiger partial charge < -0.3 is 0 Å². The van der Waals surface area contributed by atoms with Crippen molar-refractivity contribution in [2.75, 3.05) is 0 Å². The lowest BCUT2D eigenvalue weighted by Gasteiger charge is -1.98. The van der Waals surface area contributed by atoms with E-state index in [4.69, 9.17) is 11.6 Å². The molecule has 0 fully saturated rings.